The van der Waals surface area contributed by atoms with Gasteiger partial charge in [0, 0.05) is 7.05 Å². The molecule has 0 aliphatic heterocycles. The van der Waals surface area contributed by atoms with Crippen LogP contribution in [0.3, 0.4) is 0 Å². The van der Waals surface area contributed by atoms with Crippen LogP contribution in [0.25, 0.3) is 16.7 Å². The van der Waals surface area contributed by atoms with Gasteiger partial charge in [-0.3, -0.25) is 4.68 Å². The number of nitrogens with zero attached hydrogens (tertiary/aromatic N) is 6. The summed E-state index contributed by atoms with van der Waals surface area (Å²) >= 11 is 6.06. The number of ether oxygens (including phenoxy) is 1. The minimum Gasteiger partial charge on any atom is -0.484 e. The molecule has 4 aromatic rings. The first-order chi connectivity index (χ1) is 10.7. The maximum atomic E-state index is 6.06. The van der Waals surface area contributed by atoms with Crippen molar-refractivity contribution in [2.45, 2.75) is 6.61 Å². The Balaban J connectivity index is 1.68. The molecule has 22 heavy (non-hydrogen) atoms. The lowest BCUT2D eigenvalue weighted by Crippen LogP contribution is -1.98. The average Bonchev–Trinajstić information content (AvgIpc) is 3.10. The van der Waals surface area contributed by atoms with Crippen molar-refractivity contribution in [1.29, 1.82) is 0 Å². The minimum absolute atomic E-state index is 0.229. The van der Waals surface area contributed by atoms with Crippen LogP contribution in [0.5, 0.6) is 5.75 Å². The maximum Gasteiger partial charge on any atom is 0.189 e. The zero-order chi connectivity index (χ0) is 15.1. The molecule has 8 heteroatoms. The van der Waals surface area contributed by atoms with Crippen LogP contribution in [0.2, 0.25) is 5.02 Å². The van der Waals surface area contributed by atoms with Crippen LogP contribution in [0.4, 0.5) is 0 Å². The van der Waals surface area contributed by atoms with Crippen molar-refractivity contribution in [1.82, 2.24) is 29.4 Å². The van der Waals surface area contributed by atoms with E-state index in [0.717, 1.165) is 11.0 Å². The predicted molar refractivity (Wildman–Crippen MR) is 80.8 cm³/mol. The topological polar surface area (TPSA) is 70.1 Å². The van der Waals surface area contributed by atoms with E-state index in [1.165, 1.54) is 0 Å². The van der Waals surface area contributed by atoms with Gasteiger partial charge in [0.15, 0.2) is 17.1 Å². The highest BCUT2D eigenvalue weighted by molar-refractivity contribution is 6.32. The third kappa shape index (κ3) is 2.06. The van der Waals surface area contributed by atoms with Crippen molar-refractivity contribution < 1.29 is 4.74 Å². The number of benzene rings is 1. The van der Waals surface area contributed by atoms with Crippen LogP contribution in [0, 0.1) is 0 Å². The molecule has 3 aromatic heterocycles. The van der Waals surface area contributed by atoms with Gasteiger partial charge in [0.2, 0.25) is 0 Å². The lowest BCUT2D eigenvalue weighted by molar-refractivity contribution is 0.296. The zero-order valence-electron chi connectivity index (χ0n) is 11.6. The first kappa shape index (κ1) is 13.0. The van der Waals surface area contributed by atoms with Crippen LogP contribution >= 0.6 is 11.6 Å². The predicted octanol–water partition coefficient (Wildman–Crippen LogP) is 2.24. The monoisotopic (exact) mass is 314 g/mol. The Kier molecular flexibility index (Phi) is 2.93. The molecule has 7 nitrogen and oxygen atoms in total. The second-order valence-corrected chi connectivity index (χ2v) is 5.17. The molecule has 0 radical (unpaired) electrons. The normalized spacial score (nSPS) is 11.4. The largest absolute Gasteiger partial charge is 0.484 e. The molecule has 0 unspecified atom stereocenters. The standard InChI is InChI=1S/C14H11ClN6O/c1-20-13-9(6-17-20)14-18-12(19-21(14)8-16-13)7-22-11-5-3-2-4-10(11)15/h2-6,8H,7H2,1H3. The quantitative estimate of drug-likeness (QED) is 0.580. The van der Waals surface area contributed by atoms with Gasteiger partial charge >= 0.3 is 0 Å². The number of hydrogen-bond acceptors (Lipinski definition) is 5. The summed E-state index contributed by atoms with van der Waals surface area (Å²) < 4.78 is 8.98. The number of halogens is 1. The Hall–Kier alpha value is -2.67. The van der Waals surface area contributed by atoms with Crippen LogP contribution < -0.4 is 4.74 Å². The van der Waals surface area contributed by atoms with E-state index >= 15 is 0 Å². The number of fused-ring (bicyclic) bond motifs is 3. The number of aromatic nitrogens is 6. The van der Waals surface area contributed by atoms with Crippen molar-refractivity contribution >= 4 is 28.3 Å². The summed E-state index contributed by atoms with van der Waals surface area (Å²) in [6.45, 7) is 0.229. The molecule has 0 aliphatic rings. The van der Waals surface area contributed by atoms with Gasteiger partial charge in [0.05, 0.1) is 16.6 Å². The number of aryl methyl sites for hydroxylation is 1. The number of hydrogen-bond donors (Lipinski definition) is 0. The first-order valence-corrected chi connectivity index (χ1v) is 6.99. The van der Waals surface area contributed by atoms with Crippen LogP contribution in [-0.2, 0) is 13.7 Å². The zero-order valence-corrected chi connectivity index (χ0v) is 12.4. The molecule has 0 saturated carbocycles. The molecule has 4 rings (SSSR count). The number of para-hydroxylation sites is 1. The van der Waals surface area contributed by atoms with Gasteiger partial charge in [-0.05, 0) is 12.1 Å². The molecule has 0 fully saturated rings. The van der Waals surface area contributed by atoms with Crippen molar-refractivity contribution in [3.05, 3.63) is 47.6 Å². The fourth-order valence-electron chi connectivity index (χ4n) is 2.25. The molecular weight excluding hydrogens is 304 g/mol. The Morgan fingerprint density at radius 1 is 1.23 bits per heavy atom. The van der Waals surface area contributed by atoms with Gasteiger partial charge in [-0.25, -0.2) is 14.5 Å². The van der Waals surface area contributed by atoms with Gasteiger partial charge in [-0.1, -0.05) is 23.7 Å². The highest BCUT2D eigenvalue weighted by Crippen LogP contribution is 2.24. The number of rotatable bonds is 3. The van der Waals surface area contributed by atoms with E-state index < -0.39 is 0 Å². The van der Waals surface area contributed by atoms with Crippen molar-refractivity contribution in [3.8, 4) is 5.75 Å². The molecule has 0 N–H and O–H groups in total. The van der Waals surface area contributed by atoms with E-state index in [1.807, 2.05) is 19.2 Å². The Bertz CT molecular complexity index is 976. The van der Waals surface area contributed by atoms with Crippen molar-refractivity contribution in [2.24, 2.45) is 7.05 Å². The second kappa shape index (κ2) is 4.96. The van der Waals surface area contributed by atoms with Gasteiger partial charge in [-0.15, -0.1) is 5.10 Å². The van der Waals surface area contributed by atoms with E-state index in [1.54, 1.807) is 33.9 Å². The summed E-state index contributed by atoms with van der Waals surface area (Å²) in [5.74, 6) is 1.16. The fourth-order valence-corrected chi connectivity index (χ4v) is 2.44. The van der Waals surface area contributed by atoms with E-state index in [2.05, 4.69) is 20.2 Å². The molecule has 1 aromatic carbocycles. The summed E-state index contributed by atoms with van der Waals surface area (Å²) in [6.07, 6.45) is 3.34. The van der Waals surface area contributed by atoms with E-state index in [4.69, 9.17) is 16.3 Å². The molecule has 0 amide bonds. The summed E-state index contributed by atoms with van der Waals surface area (Å²) in [6, 6.07) is 7.29. The fraction of sp³-hybridized carbons (Fsp3) is 0.143. The SMILES string of the molecule is Cn1ncc2c1ncn1nc(COc3ccccc3Cl)nc21. The molecule has 0 aliphatic carbocycles. The van der Waals surface area contributed by atoms with Crippen LogP contribution in [0.1, 0.15) is 5.82 Å². The third-order valence-corrected chi connectivity index (χ3v) is 3.62. The summed E-state index contributed by atoms with van der Waals surface area (Å²) in [7, 11) is 1.84. The second-order valence-electron chi connectivity index (χ2n) is 4.77. The minimum atomic E-state index is 0.229. The Labute approximate surface area is 130 Å². The van der Waals surface area contributed by atoms with Gasteiger partial charge in [0.25, 0.3) is 0 Å². The molecule has 0 bridgehead atoms. The molecule has 3 heterocycles. The highest BCUT2D eigenvalue weighted by Gasteiger charge is 2.11. The van der Waals surface area contributed by atoms with Gasteiger partial charge in [0.1, 0.15) is 18.7 Å². The van der Waals surface area contributed by atoms with E-state index in [-0.39, 0.29) is 6.61 Å². The lowest BCUT2D eigenvalue weighted by Gasteiger charge is -2.04. The van der Waals surface area contributed by atoms with Crippen molar-refractivity contribution in [3.63, 3.8) is 0 Å². The van der Waals surface area contributed by atoms with E-state index in [9.17, 15) is 0 Å². The van der Waals surface area contributed by atoms with Crippen molar-refractivity contribution in [2.75, 3.05) is 0 Å². The third-order valence-electron chi connectivity index (χ3n) is 3.31. The summed E-state index contributed by atoms with van der Waals surface area (Å²) in [4.78, 5) is 8.80. The summed E-state index contributed by atoms with van der Waals surface area (Å²) in [5.41, 5.74) is 1.47. The molecule has 110 valence electrons. The van der Waals surface area contributed by atoms with E-state index in [0.29, 0.717) is 22.2 Å². The van der Waals surface area contributed by atoms with Gasteiger partial charge < -0.3 is 4.74 Å². The molecule has 0 atom stereocenters. The highest BCUT2D eigenvalue weighted by atomic mass is 35.5. The Morgan fingerprint density at radius 3 is 2.95 bits per heavy atom. The summed E-state index contributed by atoms with van der Waals surface area (Å²) in [5, 5.41) is 9.95. The molecule has 0 saturated heterocycles. The molecule has 0 spiro atoms. The Morgan fingerprint density at radius 2 is 2.09 bits per heavy atom. The average molecular weight is 315 g/mol. The first-order valence-electron chi connectivity index (χ1n) is 6.61. The maximum absolute atomic E-state index is 6.06. The van der Waals surface area contributed by atoms with Crippen LogP contribution in [0.15, 0.2) is 36.8 Å². The van der Waals surface area contributed by atoms with Gasteiger partial charge in [-0.2, -0.15) is 5.10 Å². The lowest BCUT2D eigenvalue weighted by atomic mass is 10.3. The molecular formula is C14H11ClN6O. The smallest absolute Gasteiger partial charge is 0.189 e. The van der Waals surface area contributed by atoms with Crippen LogP contribution in [-0.4, -0.2) is 29.4 Å².